The largest absolute Gasteiger partial charge is 0.479 e. The molecule has 3 N–H and O–H groups in total. The summed E-state index contributed by atoms with van der Waals surface area (Å²) in [5.41, 5.74) is 0. The van der Waals surface area contributed by atoms with E-state index in [0.717, 1.165) is 141 Å². The van der Waals surface area contributed by atoms with Crippen LogP contribution in [-0.4, -0.2) is 89.2 Å². The average Bonchev–Trinajstić information content (AvgIpc) is 3.51. The fraction of sp³-hybridized carbons (Fsp3) is 0.644. The number of carboxylic acids is 1. The van der Waals surface area contributed by atoms with Crippen LogP contribution in [0.25, 0.3) is 0 Å². The van der Waals surface area contributed by atoms with Crippen molar-refractivity contribution in [2.24, 2.45) is 0 Å². The zero-order chi connectivity index (χ0) is 61.7. The molecule has 1 fully saturated rings. The fourth-order valence-electron chi connectivity index (χ4n) is 9.20. The van der Waals surface area contributed by atoms with Gasteiger partial charge in [0.2, 0.25) is 0 Å². The second kappa shape index (κ2) is 59.2. The van der Waals surface area contributed by atoms with E-state index >= 15 is 0 Å². The van der Waals surface area contributed by atoms with Crippen molar-refractivity contribution in [3.8, 4) is 0 Å². The SMILES string of the molecule is CC/C=C\C/C=C\C/C=C\C/C=C\C/C=C\C/C=C\CCC(=O)OCC(COC1OC(C(=O)O)C(O)C(O)C1OC(=O)CCCCCCCCCCC/C=C\C/C=C\CCCCC)OC(=O)CCCCCCCCC/C=C\C/C=C\C/C=C\CC. The van der Waals surface area contributed by atoms with Crippen LogP contribution in [0.5, 0.6) is 0 Å². The molecule has 1 rings (SSSR count). The Morgan fingerprint density at radius 1 is 0.400 bits per heavy atom. The summed E-state index contributed by atoms with van der Waals surface area (Å²) in [7, 11) is 0. The predicted molar refractivity (Wildman–Crippen MR) is 349 cm³/mol. The van der Waals surface area contributed by atoms with E-state index in [1.165, 1.54) is 51.4 Å². The first kappa shape index (κ1) is 77.9. The third kappa shape index (κ3) is 48.6. The predicted octanol–water partition coefficient (Wildman–Crippen LogP) is 18.1. The van der Waals surface area contributed by atoms with E-state index in [9.17, 15) is 34.5 Å². The lowest BCUT2D eigenvalue weighted by atomic mass is 9.98. The highest BCUT2D eigenvalue weighted by Crippen LogP contribution is 2.26. The lowest BCUT2D eigenvalue weighted by molar-refractivity contribution is -0.301. The number of aliphatic hydroxyl groups is 2. The second-order valence-corrected chi connectivity index (χ2v) is 22.0. The molecule has 0 aromatic carbocycles. The lowest BCUT2D eigenvalue weighted by Gasteiger charge is -2.40. The number of carbonyl (C=O) groups excluding carboxylic acids is 3. The van der Waals surface area contributed by atoms with Gasteiger partial charge >= 0.3 is 23.9 Å². The number of carbonyl (C=O) groups is 4. The highest BCUT2D eigenvalue weighted by atomic mass is 16.7. The summed E-state index contributed by atoms with van der Waals surface area (Å²) in [4.78, 5) is 51.4. The molecule has 0 aromatic heterocycles. The lowest BCUT2D eigenvalue weighted by Crippen LogP contribution is -2.61. The number of rotatable bonds is 55. The van der Waals surface area contributed by atoms with Gasteiger partial charge in [0.15, 0.2) is 24.6 Å². The number of esters is 3. The Morgan fingerprint density at radius 3 is 1.18 bits per heavy atom. The maximum absolute atomic E-state index is 13.2. The summed E-state index contributed by atoms with van der Waals surface area (Å²) < 4.78 is 28.5. The molecule has 0 bridgehead atoms. The first-order chi connectivity index (χ1) is 41.6. The van der Waals surface area contributed by atoms with Gasteiger partial charge in [-0.2, -0.15) is 0 Å². The normalized spacial score (nSPS) is 18.3. The van der Waals surface area contributed by atoms with Crippen molar-refractivity contribution >= 4 is 23.9 Å². The van der Waals surface area contributed by atoms with Crippen LogP contribution in [0.1, 0.15) is 252 Å². The van der Waals surface area contributed by atoms with Crippen molar-refractivity contribution in [1.82, 2.24) is 0 Å². The minimum atomic E-state index is -1.92. The molecule has 0 spiro atoms. The van der Waals surface area contributed by atoms with Crippen LogP contribution in [0.3, 0.4) is 0 Å². The van der Waals surface area contributed by atoms with Gasteiger partial charge < -0.3 is 39.0 Å². The number of aliphatic hydroxyl groups excluding tert-OH is 2. The van der Waals surface area contributed by atoms with E-state index in [4.69, 9.17) is 23.7 Å². The Bertz CT molecular complexity index is 1990. The molecular weight excluding hydrogens is 1070 g/mol. The molecule has 0 saturated carbocycles. The number of allylic oxidation sites excluding steroid dienone is 22. The summed E-state index contributed by atoms with van der Waals surface area (Å²) in [6.45, 7) is 5.69. The molecule has 480 valence electrons. The third-order valence-corrected chi connectivity index (χ3v) is 14.2. The first-order valence-corrected chi connectivity index (χ1v) is 33.2. The number of carboxylic acid groups (broad SMARTS) is 1. The minimum Gasteiger partial charge on any atom is -0.479 e. The Kier molecular flexibility index (Phi) is 54.2. The van der Waals surface area contributed by atoms with Gasteiger partial charge in [-0.15, -0.1) is 0 Å². The van der Waals surface area contributed by atoms with Crippen molar-refractivity contribution in [3.63, 3.8) is 0 Å². The van der Waals surface area contributed by atoms with Crippen LogP contribution in [-0.2, 0) is 42.9 Å². The Hall–Kier alpha value is -5.14. The standard InChI is InChI=1S/C73H116O12/c1-4-7-10-13-16-19-22-25-28-31-33-36-38-41-44-47-50-53-56-59-65(74)81-62-64(83-66(75)60-57-54-51-48-45-42-39-35-30-27-24-21-18-15-12-9-6-3)63-82-73-71(69(78)68(77)70(85-73)72(79)80)84-67(76)61-58-55-52-49-46-43-40-37-34-32-29-26-23-20-17-14-11-8-5-2/h7,9-10,12,16-21,25-30,33,36,41,44,50,53,64,68-71,73,77-78H,4-6,8,11,13-15,22-24,31-32,34-35,37-40,42-43,45-49,51-52,54-63H2,1-3H3,(H,79,80)/b10-7-,12-9-,19-16-,20-17-,21-18-,28-25-,29-26-,30-27-,36-33-,44-41-,53-50-. The van der Waals surface area contributed by atoms with Gasteiger partial charge in [0.25, 0.3) is 0 Å². The molecule has 0 aliphatic carbocycles. The number of ether oxygens (including phenoxy) is 5. The Labute approximate surface area is 515 Å². The summed E-state index contributed by atoms with van der Waals surface area (Å²) in [5.74, 6) is -3.26. The van der Waals surface area contributed by atoms with E-state index in [-0.39, 0.29) is 25.9 Å². The zero-order valence-electron chi connectivity index (χ0n) is 53.1. The number of aliphatic carboxylic acids is 1. The topological polar surface area (TPSA) is 175 Å². The maximum atomic E-state index is 13.2. The van der Waals surface area contributed by atoms with Gasteiger partial charge in [-0.3, -0.25) is 14.4 Å². The van der Waals surface area contributed by atoms with Gasteiger partial charge in [-0.25, -0.2) is 4.79 Å². The monoisotopic (exact) mass is 1180 g/mol. The average molecular weight is 1190 g/mol. The molecule has 12 heteroatoms. The summed E-state index contributed by atoms with van der Waals surface area (Å²) in [6.07, 6.45) is 71.3. The van der Waals surface area contributed by atoms with Gasteiger partial charge in [-0.1, -0.05) is 244 Å². The van der Waals surface area contributed by atoms with Crippen LogP contribution < -0.4 is 0 Å². The highest BCUT2D eigenvalue weighted by molar-refractivity contribution is 5.74. The fourth-order valence-corrected chi connectivity index (χ4v) is 9.20. The van der Waals surface area contributed by atoms with E-state index < -0.39 is 67.3 Å². The molecule has 12 nitrogen and oxygen atoms in total. The molecule has 0 aromatic rings. The number of unbranched alkanes of at least 4 members (excludes halogenated alkanes) is 19. The van der Waals surface area contributed by atoms with Gasteiger partial charge in [-0.05, 0) is 122 Å². The molecule has 6 atom stereocenters. The molecule has 0 amide bonds. The molecule has 85 heavy (non-hydrogen) atoms. The quantitative estimate of drug-likeness (QED) is 0.0228. The van der Waals surface area contributed by atoms with Gasteiger partial charge in [0.1, 0.15) is 18.8 Å². The van der Waals surface area contributed by atoms with Crippen LogP contribution in [0, 0.1) is 0 Å². The van der Waals surface area contributed by atoms with Crippen molar-refractivity contribution < 1.29 is 58.2 Å². The number of hydrogen-bond acceptors (Lipinski definition) is 11. The summed E-state index contributed by atoms with van der Waals surface area (Å²) in [6, 6.07) is 0. The van der Waals surface area contributed by atoms with Gasteiger partial charge in [0, 0.05) is 19.3 Å². The molecular formula is C73H116O12. The molecule has 6 unspecified atom stereocenters. The second-order valence-electron chi connectivity index (χ2n) is 22.0. The van der Waals surface area contributed by atoms with Crippen molar-refractivity contribution in [2.45, 2.75) is 289 Å². The van der Waals surface area contributed by atoms with Gasteiger partial charge in [0.05, 0.1) is 6.61 Å². The Balaban J connectivity index is 2.71. The molecule has 1 aliphatic rings. The van der Waals surface area contributed by atoms with Crippen LogP contribution in [0.2, 0.25) is 0 Å². The van der Waals surface area contributed by atoms with Crippen LogP contribution in [0.4, 0.5) is 0 Å². The van der Waals surface area contributed by atoms with Crippen LogP contribution >= 0.6 is 0 Å². The zero-order valence-corrected chi connectivity index (χ0v) is 53.1. The van der Waals surface area contributed by atoms with E-state index in [1.54, 1.807) is 0 Å². The van der Waals surface area contributed by atoms with E-state index in [1.807, 2.05) is 12.2 Å². The summed E-state index contributed by atoms with van der Waals surface area (Å²) >= 11 is 0. The molecule has 1 aliphatic heterocycles. The Morgan fingerprint density at radius 2 is 0.765 bits per heavy atom. The van der Waals surface area contributed by atoms with Crippen molar-refractivity contribution in [2.75, 3.05) is 13.2 Å². The van der Waals surface area contributed by atoms with Crippen LogP contribution in [0.15, 0.2) is 134 Å². The van der Waals surface area contributed by atoms with Crippen molar-refractivity contribution in [1.29, 1.82) is 0 Å². The number of hydrogen-bond donors (Lipinski definition) is 3. The van der Waals surface area contributed by atoms with E-state index in [2.05, 4.69) is 142 Å². The maximum Gasteiger partial charge on any atom is 0.335 e. The van der Waals surface area contributed by atoms with Crippen molar-refractivity contribution in [3.05, 3.63) is 134 Å². The molecule has 1 saturated heterocycles. The van der Waals surface area contributed by atoms with E-state index in [0.29, 0.717) is 19.3 Å². The third-order valence-electron chi connectivity index (χ3n) is 14.2. The summed E-state index contributed by atoms with van der Waals surface area (Å²) in [5, 5.41) is 31.6. The highest BCUT2D eigenvalue weighted by Gasteiger charge is 2.50. The smallest absolute Gasteiger partial charge is 0.335 e. The minimum absolute atomic E-state index is 0.0407. The molecule has 1 heterocycles. The molecule has 0 radical (unpaired) electrons. The first-order valence-electron chi connectivity index (χ1n) is 33.2.